The number of benzene rings is 1. The number of aliphatic imine (C=N–C) groups is 1. The van der Waals surface area contributed by atoms with Gasteiger partial charge >= 0.3 is 0 Å². The SMILES string of the molecule is CC(C)(C)NC(N)=NCc1cccc(S(=O)(=O)N2CCCCC2)c1.I. The number of piperidine rings is 1. The van der Waals surface area contributed by atoms with Crippen molar-refractivity contribution in [1.29, 1.82) is 0 Å². The summed E-state index contributed by atoms with van der Waals surface area (Å²) in [6, 6.07) is 6.96. The molecule has 0 unspecified atom stereocenters. The molecule has 0 bridgehead atoms. The zero-order valence-electron chi connectivity index (χ0n) is 15.2. The molecule has 1 fully saturated rings. The Labute approximate surface area is 168 Å². The van der Waals surface area contributed by atoms with Crippen molar-refractivity contribution in [2.75, 3.05) is 13.1 Å². The molecule has 2 rings (SSSR count). The van der Waals surface area contributed by atoms with E-state index < -0.39 is 10.0 Å². The lowest BCUT2D eigenvalue weighted by Crippen LogP contribution is -2.44. The third-order valence-electron chi connectivity index (χ3n) is 3.79. The standard InChI is InChI=1S/C17H28N4O2S.HI/c1-17(2,3)20-16(18)19-13-14-8-7-9-15(12-14)24(22,23)21-10-5-4-6-11-21;/h7-9,12H,4-6,10-11,13H2,1-3H3,(H3,18,19,20);1H. The van der Waals surface area contributed by atoms with Crippen LogP contribution in [-0.2, 0) is 16.6 Å². The van der Waals surface area contributed by atoms with Crippen LogP contribution in [0.2, 0.25) is 0 Å². The molecule has 1 aromatic rings. The summed E-state index contributed by atoms with van der Waals surface area (Å²) < 4.78 is 27.0. The molecule has 3 N–H and O–H groups in total. The minimum atomic E-state index is -3.41. The molecule has 142 valence electrons. The zero-order valence-corrected chi connectivity index (χ0v) is 18.3. The first-order valence-electron chi connectivity index (χ1n) is 8.36. The van der Waals surface area contributed by atoms with Gasteiger partial charge in [0.1, 0.15) is 0 Å². The molecule has 25 heavy (non-hydrogen) atoms. The maximum atomic E-state index is 12.7. The molecule has 0 amide bonds. The summed E-state index contributed by atoms with van der Waals surface area (Å²) >= 11 is 0. The van der Waals surface area contributed by atoms with E-state index in [4.69, 9.17) is 5.73 Å². The molecule has 8 heteroatoms. The summed E-state index contributed by atoms with van der Waals surface area (Å²) in [4.78, 5) is 4.62. The number of guanidine groups is 1. The van der Waals surface area contributed by atoms with Crippen LogP contribution in [-0.4, -0.2) is 37.3 Å². The van der Waals surface area contributed by atoms with Gasteiger partial charge < -0.3 is 11.1 Å². The second-order valence-corrected chi connectivity index (χ2v) is 9.13. The van der Waals surface area contributed by atoms with Gasteiger partial charge in [0.25, 0.3) is 0 Å². The molecule has 0 aromatic heterocycles. The van der Waals surface area contributed by atoms with Crippen LogP contribution in [0.4, 0.5) is 0 Å². The van der Waals surface area contributed by atoms with Crippen LogP contribution >= 0.6 is 24.0 Å². The number of hydrogen-bond acceptors (Lipinski definition) is 3. The molecule has 1 aliphatic heterocycles. The molecule has 1 saturated heterocycles. The molecule has 0 saturated carbocycles. The first kappa shape index (κ1) is 22.2. The van der Waals surface area contributed by atoms with E-state index in [1.807, 2.05) is 26.8 Å². The van der Waals surface area contributed by atoms with Gasteiger partial charge in [0, 0.05) is 18.6 Å². The van der Waals surface area contributed by atoms with Gasteiger partial charge in [0.2, 0.25) is 10.0 Å². The number of halogens is 1. The molecule has 0 spiro atoms. The maximum absolute atomic E-state index is 12.7. The van der Waals surface area contributed by atoms with Crippen LogP contribution in [0.5, 0.6) is 0 Å². The molecule has 1 aromatic carbocycles. The van der Waals surface area contributed by atoms with Gasteiger partial charge in [-0.25, -0.2) is 13.4 Å². The van der Waals surface area contributed by atoms with Gasteiger partial charge in [0.15, 0.2) is 5.96 Å². The number of hydrogen-bond donors (Lipinski definition) is 2. The first-order chi connectivity index (χ1) is 11.2. The van der Waals surface area contributed by atoms with Crippen LogP contribution in [0.1, 0.15) is 45.6 Å². The Morgan fingerprint density at radius 2 is 1.88 bits per heavy atom. The Morgan fingerprint density at radius 1 is 1.24 bits per heavy atom. The maximum Gasteiger partial charge on any atom is 0.243 e. The van der Waals surface area contributed by atoms with Crippen molar-refractivity contribution in [3.05, 3.63) is 29.8 Å². The summed E-state index contributed by atoms with van der Waals surface area (Å²) in [5, 5.41) is 3.09. The summed E-state index contributed by atoms with van der Waals surface area (Å²) in [6.07, 6.45) is 2.96. The van der Waals surface area contributed by atoms with E-state index in [-0.39, 0.29) is 29.5 Å². The van der Waals surface area contributed by atoms with Crippen LogP contribution in [0, 0.1) is 0 Å². The summed E-state index contributed by atoms with van der Waals surface area (Å²) in [7, 11) is -3.41. The second kappa shape index (κ2) is 9.18. The Morgan fingerprint density at radius 3 is 2.48 bits per heavy atom. The second-order valence-electron chi connectivity index (χ2n) is 7.19. The predicted octanol–water partition coefficient (Wildman–Crippen LogP) is 2.68. The number of nitrogens with one attached hydrogen (secondary N) is 1. The lowest BCUT2D eigenvalue weighted by atomic mass is 10.1. The van der Waals surface area contributed by atoms with Crippen molar-refractivity contribution < 1.29 is 8.42 Å². The van der Waals surface area contributed by atoms with Gasteiger partial charge in [-0.05, 0) is 51.3 Å². The Balaban J connectivity index is 0.00000312. The molecule has 6 nitrogen and oxygen atoms in total. The number of nitrogens with zero attached hydrogens (tertiary/aromatic N) is 2. The van der Waals surface area contributed by atoms with Crippen molar-refractivity contribution in [3.63, 3.8) is 0 Å². The number of rotatable bonds is 4. The van der Waals surface area contributed by atoms with Crippen molar-refractivity contribution in [2.24, 2.45) is 10.7 Å². The third-order valence-corrected chi connectivity index (χ3v) is 5.68. The first-order valence-corrected chi connectivity index (χ1v) is 9.80. The van der Waals surface area contributed by atoms with E-state index in [2.05, 4.69) is 10.3 Å². The third kappa shape index (κ3) is 6.74. The fraction of sp³-hybridized carbons (Fsp3) is 0.588. The molecule has 0 atom stereocenters. The highest BCUT2D eigenvalue weighted by molar-refractivity contribution is 14.0. The van der Waals surface area contributed by atoms with Gasteiger partial charge in [-0.15, -0.1) is 24.0 Å². The van der Waals surface area contributed by atoms with Gasteiger partial charge in [-0.3, -0.25) is 0 Å². The molecule has 0 radical (unpaired) electrons. The van der Waals surface area contributed by atoms with Crippen LogP contribution in [0.25, 0.3) is 0 Å². The molecule has 1 heterocycles. The van der Waals surface area contributed by atoms with Gasteiger partial charge in [-0.2, -0.15) is 4.31 Å². The quantitative estimate of drug-likeness (QED) is 0.394. The fourth-order valence-electron chi connectivity index (χ4n) is 2.66. The lowest BCUT2D eigenvalue weighted by Gasteiger charge is -2.26. The average Bonchev–Trinajstić information content (AvgIpc) is 2.52. The van der Waals surface area contributed by atoms with Crippen molar-refractivity contribution in [3.8, 4) is 0 Å². The van der Waals surface area contributed by atoms with Crippen molar-refractivity contribution in [2.45, 2.75) is 57.0 Å². The van der Waals surface area contributed by atoms with E-state index in [9.17, 15) is 8.42 Å². The Bertz CT molecular complexity index is 693. The Hall–Kier alpha value is -0.870. The molecular formula is C17H29IN4O2S. The summed E-state index contributed by atoms with van der Waals surface area (Å²) in [6.45, 7) is 7.56. The smallest absolute Gasteiger partial charge is 0.243 e. The number of sulfonamides is 1. The highest BCUT2D eigenvalue weighted by Gasteiger charge is 2.25. The van der Waals surface area contributed by atoms with Gasteiger partial charge in [0.05, 0.1) is 11.4 Å². The van der Waals surface area contributed by atoms with Crippen LogP contribution in [0.3, 0.4) is 0 Å². The summed E-state index contributed by atoms with van der Waals surface area (Å²) in [5.74, 6) is 0.354. The van der Waals surface area contributed by atoms with Crippen molar-refractivity contribution in [1.82, 2.24) is 9.62 Å². The minimum absolute atomic E-state index is 0. The lowest BCUT2D eigenvalue weighted by molar-refractivity contribution is 0.346. The largest absolute Gasteiger partial charge is 0.370 e. The molecule has 1 aliphatic rings. The minimum Gasteiger partial charge on any atom is -0.370 e. The zero-order chi connectivity index (χ0) is 17.8. The average molecular weight is 480 g/mol. The highest BCUT2D eigenvalue weighted by atomic mass is 127. The number of nitrogens with two attached hydrogens (primary N) is 1. The van der Waals surface area contributed by atoms with Crippen LogP contribution < -0.4 is 11.1 Å². The predicted molar refractivity (Wildman–Crippen MR) is 113 cm³/mol. The monoisotopic (exact) mass is 480 g/mol. The summed E-state index contributed by atoms with van der Waals surface area (Å²) in [5.41, 5.74) is 6.53. The van der Waals surface area contributed by atoms with E-state index >= 15 is 0 Å². The Kier molecular flexibility index (Phi) is 8.14. The highest BCUT2D eigenvalue weighted by Crippen LogP contribution is 2.21. The van der Waals surface area contributed by atoms with E-state index in [1.165, 1.54) is 0 Å². The topological polar surface area (TPSA) is 87.8 Å². The van der Waals surface area contributed by atoms with E-state index in [0.29, 0.717) is 30.5 Å². The van der Waals surface area contributed by atoms with Crippen LogP contribution in [0.15, 0.2) is 34.2 Å². The van der Waals surface area contributed by atoms with E-state index in [0.717, 1.165) is 24.8 Å². The van der Waals surface area contributed by atoms with Gasteiger partial charge in [-0.1, -0.05) is 18.6 Å². The van der Waals surface area contributed by atoms with Crippen molar-refractivity contribution >= 4 is 40.0 Å². The van der Waals surface area contributed by atoms with E-state index in [1.54, 1.807) is 22.5 Å². The molecule has 0 aliphatic carbocycles. The normalized spacial score (nSPS) is 17.0. The molecular weight excluding hydrogens is 451 g/mol. The fourth-order valence-corrected chi connectivity index (χ4v) is 4.25.